The standard InChI is InChI=1S/C20H19FN4O3/c1-2-17-15-11-13(12-22-18(15)28-23-17)19(26)24-7-9-25(10-8-24)20(27)14-5-3-4-6-16(14)21/h3-6,11-12H,2,7-10H2,1H3. The fourth-order valence-corrected chi connectivity index (χ4v) is 3.35. The summed E-state index contributed by atoms with van der Waals surface area (Å²) in [5.74, 6) is -1.05. The summed E-state index contributed by atoms with van der Waals surface area (Å²) in [5, 5.41) is 4.69. The summed E-state index contributed by atoms with van der Waals surface area (Å²) >= 11 is 0. The molecule has 0 spiro atoms. The van der Waals surface area contributed by atoms with Gasteiger partial charge in [-0.25, -0.2) is 9.37 Å². The Labute approximate surface area is 160 Å². The van der Waals surface area contributed by atoms with Gasteiger partial charge in [0.25, 0.3) is 17.5 Å². The second-order valence-corrected chi connectivity index (χ2v) is 6.62. The first kappa shape index (κ1) is 18.1. The number of fused-ring (bicyclic) bond motifs is 1. The minimum atomic E-state index is -0.536. The Hall–Kier alpha value is -3.29. The number of rotatable bonds is 3. The molecule has 3 heterocycles. The van der Waals surface area contributed by atoms with Gasteiger partial charge in [-0.2, -0.15) is 0 Å². The zero-order valence-electron chi connectivity index (χ0n) is 15.4. The Bertz CT molecular complexity index is 1040. The van der Waals surface area contributed by atoms with Gasteiger partial charge in [0.1, 0.15) is 5.82 Å². The van der Waals surface area contributed by atoms with Crippen LogP contribution in [0.3, 0.4) is 0 Å². The molecule has 1 aromatic carbocycles. The number of carbonyl (C=O) groups excluding carboxylic acids is 2. The van der Waals surface area contributed by atoms with Crippen LogP contribution in [0.15, 0.2) is 41.1 Å². The number of piperazine rings is 1. The number of nitrogens with zero attached hydrogens (tertiary/aromatic N) is 4. The number of halogens is 1. The highest BCUT2D eigenvalue weighted by Gasteiger charge is 2.27. The van der Waals surface area contributed by atoms with Crippen LogP contribution in [0.1, 0.15) is 33.3 Å². The predicted molar refractivity (Wildman–Crippen MR) is 99.4 cm³/mol. The molecule has 8 heteroatoms. The van der Waals surface area contributed by atoms with Crippen LogP contribution < -0.4 is 0 Å². The van der Waals surface area contributed by atoms with Gasteiger partial charge in [0, 0.05) is 32.4 Å². The highest BCUT2D eigenvalue weighted by Crippen LogP contribution is 2.20. The van der Waals surface area contributed by atoms with Crippen LogP contribution in [-0.4, -0.2) is 57.9 Å². The first-order chi connectivity index (χ1) is 13.6. The van der Waals surface area contributed by atoms with Crippen molar-refractivity contribution in [2.75, 3.05) is 26.2 Å². The van der Waals surface area contributed by atoms with Crippen molar-refractivity contribution in [2.45, 2.75) is 13.3 Å². The van der Waals surface area contributed by atoms with Crippen LogP contribution in [0.25, 0.3) is 11.1 Å². The van der Waals surface area contributed by atoms with Gasteiger partial charge in [-0.15, -0.1) is 0 Å². The summed E-state index contributed by atoms with van der Waals surface area (Å²) < 4.78 is 19.0. The molecule has 0 radical (unpaired) electrons. The number of carbonyl (C=O) groups is 2. The lowest BCUT2D eigenvalue weighted by atomic mass is 10.1. The van der Waals surface area contributed by atoms with Gasteiger partial charge in [-0.1, -0.05) is 24.2 Å². The van der Waals surface area contributed by atoms with Gasteiger partial charge in [0.05, 0.1) is 22.2 Å². The van der Waals surface area contributed by atoms with Gasteiger partial charge in [-0.05, 0) is 24.6 Å². The van der Waals surface area contributed by atoms with Gasteiger partial charge < -0.3 is 14.3 Å². The molecule has 0 aliphatic carbocycles. The van der Waals surface area contributed by atoms with Crippen molar-refractivity contribution < 1.29 is 18.5 Å². The molecular formula is C20H19FN4O3. The van der Waals surface area contributed by atoms with E-state index in [-0.39, 0.29) is 17.4 Å². The summed E-state index contributed by atoms with van der Waals surface area (Å²) in [6.45, 7) is 3.41. The Morgan fingerprint density at radius 2 is 1.79 bits per heavy atom. The molecule has 0 atom stereocenters. The summed E-state index contributed by atoms with van der Waals surface area (Å²) in [7, 11) is 0. The van der Waals surface area contributed by atoms with Crippen LogP contribution in [0, 0.1) is 5.82 Å². The highest BCUT2D eigenvalue weighted by atomic mass is 19.1. The molecule has 144 valence electrons. The maximum Gasteiger partial charge on any atom is 0.257 e. The number of pyridine rings is 1. The molecule has 28 heavy (non-hydrogen) atoms. The van der Waals surface area contributed by atoms with E-state index in [1.54, 1.807) is 28.0 Å². The minimum Gasteiger partial charge on any atom is -0.336 e. The topological polar surface area (TPSA) is 79.5 Å². The molecule has 0 N–H and O–H groups in total. The SMILES string of the molecule is CCc1noc2ncc(C(=O)N3CCN(C(=O)c4ccccc4F)CC3)cc12. The third-order valence-corrected chi connectivity index (χ3v) is 4.94. The summed E-state index contributed by atoms with van der Waals surface area (Å²) in [6, 6.07) is 7.67. The molecule has 4 rings (SSSR count). The smallest absolute Gasteiger partial charge is 0.257 e. The van der Waals surface area contributed by atoms with Crippen molar-refractivity contribution in [1.29, 1.82) is 0 Å². The monoisotopic (exact) mass is 382 g/mol. The second kappa shape index (κ2) is 7.38. The average Bonchev–Trinajstić information content (AvgIpc) is 3.15. The highest BCUT2D eigenvalue weighted by molar-refractivity contribution is 5.98. The van der Waals surface area contributed by atoms with Gasteiger partial charge in [-0.3, -0.25) is 9.59 Å². The van der Waals surface area contributed by atoms with E-state index in [0.29, 0.717) is 43.9 Å². The van der Waals surface area contributed by atoms with E-state index in [4.69, 9.17) is 4.52 Å². The molecule has 0 bridgehead atoms. The molecule has 1 aliphatic rings. The molecule has 1 fully saturated rings. The lowest BCUT2D eigenvalue weighted by Crippen LogP contribution is -2.50. The van der Waals surface area contributed by atoms with Crippen LogP contribution in [0.5, 0.6) is 0 Å². The van der Waals surface area contributed by atoms with E-state index in [0.717, 1.165) is 11.1 Å². The second-order valence-electron chi connectivity index (χ2n) is 6.62. The molecule has 2 aromatic heterocycles. The van der Waals surface area contributed by atoms with E-state index in [1.165, 1.54) is 18.3 Å². The average molecular weight is 382 g/mol. The number of hydrogen-bond acceptors (Lipinski definition) is 5. The third kappa shape index (κ3) is 3.21. The van der Waals surface area contributed by atoms with E-state index in [9.17, 15) is 14.0 Å². The minimum absolute atomic E-state index is 0.0523. The maximum absolute atomic E-state index is 13.9. The van der Waals surface area contributed by atoms with Gasteiger partial charge in [0.15, 0.2) is 0 Å². The van der Waals surface area contributed by atoms with Crippen molar-refractivity contribution in [3.63, 3.8) is 0 Å². The third-order valence-electron chi connectivity index (χ3n) is 4.94. The van der Waals surface area contributed by atoms with Crippen molar-refractivity contribution >= 4 is 22.9 Å². The molecule has 1 aliphatic heterocycles. The van der Waals surface area contributed by atoms with Crippen molar-refractivity contribution in [3.05, 3.63) is 59.2 Å². The van der Waals surface area contributed by atoms with E-state index >= 15 is 0 Å². The van der Waals surface area contributed by atoms with Gasteiger partial charge in [0.2, 0.25) is 0 Å². The lowest BCUT2D eigenvalue weighted by molar-refractivity contribution is 0.0532. The van der Waals surface area contributed by atoms with E-state index < -0.39 is 5.82 Å². The first-order valence-corrected chi connectivity index (χ1v) is 9.16. The summed E-state index contributed by atoms with van der Waals surface area (Å²) in [5.41, 5.74) is 1.68. The molecule has 1 saturated heterocycles. The van der Waals surface area contributed by atoms with E-state index in [2.05, 4.69) is 10.1 Å². The van der Waals surface area contributed by atoms with Gasteiger partial charge >= 0.3 is 0 Å². The number of hydrogen-bond donors (Lipinski definition) is 0. The van der Waals surface area contributed by atoms with Crippen LogP contribution >= 0.6 is 0 Å². The number of benzene rings is 1. The summed E-state index contributed by atoms with van der Waals surface area (Å²) in [6.07, 6.45) is 2.16. The maximum atomic E-state index is 13.9. The predicted octanol–water partition coefficient (Wildman–Crippen LogP) is 2.52. The molecular weight excluding hydrogens is 363 g/mol. The van der Waals surface area contributed by atoms with Crippen LogP contribution in [0.2, 0.25) is 0 Å². The first-order valence-electron chi connectivity index (χ1n) is 9.16. The van der Waals surface area contributed by atoms with Crippen molar-refractivity contribution in [3.8, 4) is 0 Å². The number of aromatic nitrogens is 2. The molecule has 3 aromatic rings. The lowest BCUT2D eigenvalue weighted by Gasteiger charge is -2.34. The van der Waals surface area contributed by atoms with E-state index in [1.807, 2.05) is 6.92 Å². The van der Waals surface area contributed by atoms with Crippen LogP contribution in [0.4, 0.5) is 4.39 Å². The van der Waals surface area contributed by atoms with Crippen molar-refractivity contribution in [1.82, 2.24) is 19.9 Å². The largest absolute Gasteiger partial charge is 0.336 e. The Balaban J connectivity index is 1.45. The molecule has 2 amide bonds. The molecule has 7 nitrogen and oxygen atoms in total. The fraction of sp³-hybridized carbons (Fsp3) is 0.300. The van der Waals surface area contributed by atoms with Crippen LogP contribution in [-0.2, 0) is 6.42 Å². The number of aryl methyl sites for hydroxylation is 1. The Kier molecular flexibility index (Phi) is 4.77. The summed E-state index contributed by atoms with van der Waals surface area (Å²) in [4.78, 5) is 32.8. The normalized spacial score (nSPS) is 14.5. The number of amides is 2. The zero-order valence-corrected chi connectivity index (χ0v) is 15.4. The molecule has 0 saturated carbocycles. The van der Waals surface area contributed by atoms with Crippen molar-refractivity contribution in [2.24, 2.45) is 0 Å². The Morgan fingerprint density at radius 1 is 1.11 bits per heavy atom. The zero-order chi connectivity index (χ0) is 19.7. The Morgan fingerprint density at radius 3 is 2.46 bits per heavy atom. The quantitative estimate of drug-likeness (QED) is 0.695. The fourth-order valence-electron chi connectivity index (χ4n) is 3.35. The molecule has 0 unspecified atom stereocenters.